The Morgan fingerprint density at radius 1 is 1.09 bits per heavy atom. The third-order valence-electron chi connectivity index (χ3n) is 5.13. The Morgan fingerprint density at radius 2 is 1.76 bits per heavy atom. The molecule has 0 aliphatic carbocycles. The van der Waals surface area contributed by atoms with E-state index >= 15 is 0 Å². The number of aliphatic hydroxyl groups is 6. The van der Waals surface area contributed by atoms with E-state index in [9.17, 15) is 50.4 Å². The van der Waals surface area contributed by atoms with Crippen LogP contribution in [-0.4, -0.2) is 115 Å². The Bertz CT molecular complexity index is 859. The number of carbonyl (C=O) groups is 2. The smallest absolute Gasteiger partial charge is 0.331 e. The summed E-state index contributed by atoms with van der Waals surface area (Å²) in [6.45, 7) is 0.373. The van der Waals surface area contributed by atoms with Gasteiger partial charge in [-0.1, -0.05) is 6.07 Å². The minimum Gasteiger partial charge on any atom is -0.504 e. The first-order valence-electron chi connectivity index (χ1n) is 10.2. The van der Waals surface area contributed by atoms with Crippen LogP contribution in [-0.2, 0) is 23.8 Å². The molecule has 0 bridgehead atoms. The van der Waals surface area contributed by atoms with Gasteiger partial charge in [0.15, 0.2) is 30.2 Å². The summed E-state index contributed by atoms with van der Waals surface area (Å²) in [6.07, 6.45) is -13.3. The Balaban J connectivity index is 2.23. The van der Waals surface area contributed by atoms with Crippen LogP contribution in [0.25, 0.3) is 6.08 Å². The van der Waals surface area contributed by atoms with Gasteiger partial charge in [-0.05, 0) is 30.7 Å². The fourth-order valence-electron chi connectivity index (χ4n) is 3.16. The molecule has 8 N–H and O–H groups in total. The molecule has 13 heteroatoms. The zero-order valence-corrected chi connectivity index (χ0v) is 18.0. The predicted octanol–water partition coefficient (Wildman–Crippen LogP) is -2.85. The van der Waals surface area contributed by atoms with E-state index in [1.165, 1.54) is 25.1 Å². The van der Waals surface area contributed by atoms with Crippen molar-refractivity contribution in [2.24, 2.45) is 0 Å². The van der Waals surface area contributed by atoms with Gasteiger partial charge in [0, 0.05) is 6.08 Å². The van der Waals surface area contributed by atoms with Crippen LogP contribution in [0.2, 0.25) is 0 Å². The van der Waals surface area contributed by atoms with E-state index in [1.54, 1.807) is 0 Å². The third kappa shape index (κ3) is 6.71. The molecule has 0 radical (unpaired) electrons. The van der Waals surface area contributed by atoms with Gasteiger partial charge in [0.05, 0.1) is 12.7 Å². The predicted molar refractivity (Wildman–Crippen MR) is 111 cm³/mol. The Labute approximate surface area is 193 Å². The van der Waals surface area contributed by atoms with Crippen LogP contribution in [0.3, 0.4) is 0 Å². The lowest BCUT2D eigenvalue weighted by Gasteiger charge is -2.41. The van der Waals surface area contributed by atoms with Gasteiger partial charge in [-0.25, -0.2) is 4.79 Å². The highest BCUT2D eigenvalue weighted by Gasteiger charge is 2.46. The van der Waals surface area contributed by atoms with Crippen molar-refractivity contribution in [1.82, 2.24) is 0 Å². The number of ether oxygens (including phenoxy) is 3. The molecular weight excluding hydrogens is 460 g/mol. The lowest BCUT2D eigenvalue weighted by atomic mass is 9.99. The molecule has 2 rings (SSSR count). The molecule has 9 atom stereocenters. The van der Waals surface area contributed by atoms with Crippen LogP contribution < -0.4 is 0 Å². The summed E-state index contributed by atoms with van der Waals surface area (Å²) >= 11 is 0. The topological polar surface area (TPSA) is 224 Å². The molecule has 1 heterocycles. The molecule has 0 aromatic heterocycles. The number of phenolic OH excluding ortho intramolecular Hbond substituents is 2. The van der Waals surface area contributed by atoms with Crippen molar-refractivity contribution in [3.8, 4) is 11.5 Å². The second-order valence-corrected chi connectivity index (χ2v) is 7.64. The van der Waals surface area contributed by atoms with Gasteiger partial charge in [0.1, 0.15) is 36.6 Å². The molecule has 190 valence electrons. The zero-order chi connectivity index (χ0) is 25.6. The fourth-order valence-corrected chi connectivity index (χ4v) is 3.16. The summed E-state index contributed by atoms with van der Waals surface area (Å²) in [5.41, 5.74) is 0.285. The molecule has 34 heavy (non-hydrogen) atoms. The molecular formula is C21H28O13. The summed E-state index contributed by atoms with van der Waals surface area (Å²) in [4.78, 5) is 23.6. The summed E-state index contributed by atoms with van der Waals surface area (Å²) in [6, 6.07) is 3.68. The van der Waals surface area contributed by atoms with Crippen molar-refractivity contribution in [3.05, 3.63) is 29.8 Å². The maximum absolute atomic E-state index is 12.3. The number of aliphatic hydroxyl groups excluding tert-OH is 6. The number of phenols is 2. The zero-order valence-electron chi connectivity index (χ0n) is 18.0. The van der Waals surface area contributed by atoms with Crippen molar-refractivity contribution in [3.63, 3.8) is 0 Å². The van der Waals surface area contributed by atoms with Crippen molar-refractivity contribution in [2.45, 2.75) is 62.0 Å². The molecule has 0 spiro atoms. The summed E-state index contributed by atoms with van der Waals surface area (Å²) in [5, 5.41) is 78.3. The number of aldehydes is 1. The van der Waals surface area contributed by atoms with Gasteiger partial charge in [-0.15, -0.1) is 0 Å². The van der Waals surface area contributed by atoms with Crippen molar-refractivity contribution in [1.29, 1.82) is 0 Å². The number of rotatable bonds is 10. The van der Waals surface area contributed by atoms with Crippen LogP contribution in [0.4, 0.5) is 0 Å². The maximum Gasteiger partial charge on any atom is 0.331 e. The van der Waals surface area contributed by atoms with E-state index in [-0.39, 0.29) is 17.6 Å². The summed E-state index contributed by atoms with van der Waals surface area (Å²) < 4.78 is 15.7. The van der Waals surface area contributed by atoms with E-state index < -0.39 is 73.4 Å². The average molecular weight is 488 g/mol. The van der Waals surface area contributed by atoms with Crippen LogP contribution >= 0.6 is 0 Å². The number of carbonyl (C=O) groups excluding carboxylic acids is 2. The third-order valence-corrected chi connectivity index (χ3v) is 5.13. The second kappa shape index (κ2) is 12.2. The Kier molecular flexibility index (Phi) is 9.90. The molecule has 1 saturated heterocycles. The number of aromatic hydroxyl groups is 2. The molecule has 9 unspecified atom stereocenters. The molecule has 1 aliphatic heterocycles. The minimum atomic E-state index is -2.04. The van der Waals surface area contributed by atoms with E-state index in [1.807, 2.05) is 0 Å². The first kappa shape index (κ1) is 27.6. The van der Waals surface area contributed by atoms with Crippen molar-refractivity contribution >= 4 is 18.3 Å². The van der Waals surface area contributed by atoms with Crippen LogP contribution in [0.1, 0.15) is 12.5 Å². The monoisotopic (exact) mass is 488 g/mol. The number of esters is 1. The normalized spacial score (nSPS) is 28.7. The Hall–Kier alpha value is -2.62. The van der Waals surface area contributed by atoms with E-state index in [4.69, 9.17) is 14.2 Å². The number of benzene rings is 1. The lowest BCUT2D eigenvalue weighted by molar-refractivity contribution is -0.319. The standard InChI is InChI=1S/C21H28O13/c1-9-16(29)17(30)18(31)21(32-9)34-20(14(27)8-23)19(13(26)7-22)33-15(28)5-3-10-2-4-11(24)12(25)6-10/h2-6,8-9,13-14,16-22,24-27,29-31H,7H2,1H3/b5-3+. The van der Waals surface area contributed by atoms with E-state index in [2.05, 4.69) is 0 Å². The Morgan fingerprint density at radius 3 is 2.35 bits per heavy atom. The van der Waals surface area contributed by atoms with Gasteiger partial charge in [-0.3, -0.25) is 0 Å². The highest BCUT2D eigenvalue weighted by Crippen LogP contribution is 2.27. The first-order valence-corrected chi connectivity index (χ1v) is 10.2. The quantitative estimate of drug-likeness (QED) is 0.0719. The maximum atomic E-state index is 12.3. The number of hydrogen-bond donors (Lipinski definition) is 8. The van der Waals surface area contributed by atoms with E-state index in [0.29, 0.717) is 0 Å². The summed E-state index contributed by atoms with van der Waals surface area (Å²) in [7, 11) is 0. The average Bonchev–Trinajstić information content (AvgIpc) is 2.82. The first-order chi connectivity index (χ1) is 16.0. The van der Waals surface area contributed by atoms with Gasteiger partial charge in [0.25, 0.3) is 0 Å². The van der Waals surface area contributed by atoms with Gasteiger partial charge in [0.2, 0.25) is 0 Å². The number of hydrogen-bond acceptors (Lipinski definition) is 13. The van der Waals surface area contributed by atoms with E-state index in [0.717, 1.165) is 12.1 Å². The molecule has 1 fully saturated rings. The molecule has 0 saturated carbocycles. The summed E-state index contributed by atoms with van der Waals surface area (Å²) in [5.74, 6) is -1.95. The minimum absolute atomic E-state index is 0.00539. The largest absolute Gasteiger partial charge is 0.504 e. The fraction of sp³-hybridized carbons (Fsp3) is 0.524. The van der Waals surface area contributed by atoms with Crippen molar-refractivity contribution < 1.29 is 64.7 Å². The highest BCUT2D eigenvalue weighted by atomic mass is 16.7. The second-order valence-electron chi connectivity index (χ2n) is 7.64. The van der Waals surface area contributed by atoms with Gasteiger partial charge >= 0.3 is 5.97 Å². The van der Waals surface area contributed by atoms with Crippen molar-refractivity contribution in [2.75, 3.05) is 6.61 Å². The van der Waals surface area contributed by atoms with Gasteiger partial charge in [-0.2, -0.15) is 0 Å². The lowest BCUT2D eigenvalue weighted by Crippen LogP contribution is -2.60. The molecule has 0 amide bonds. The van der Waals surface area contributed by atoms with Crippen LogP contribution in [0.15, 0.2) is 24.3 Å². The molecule has 1 aromatic rings. The van der Waals surface area contributed by atoms with Crippen LogP contribution in [0, 0.1) is 0 Å². The van der Waals surface area contributed by atoms with Crippen LogP contribution in [0.5, 0.6) is 11.5 Å². The van der Waals surface area contributed by atoms with Gasteiger partial charge < -0.3 is 59.9 Å². The molecule has 1 aromatic carbocycles. The molecule has 1 aliphatic rings. The SMILES string of the molecule is CC1OC(OC(C(O)C=O)C(OC(=O)/C=C/c2ccc(O)c(O)c2)C(O)CO)C(O)C(O)C1O. The highest BCUT2D eigenvalue weighted by molar-refractivity contribution is 5.87. The molecule has 13 nitrogen and oxygen atoms in total.